The highest BCUT2D eigenvalue weighted by molar-refractivity contribution is 6.30. The number of aliphatic hydroxyl groups is 1. The standard InChI is InChI=1S/C13H17ClN2O3/c14-12-3-1-11(2-4-12)5-6-15-13(18)16-7-9-19-10-8-17/h1-6,17H,7-10H2,(H2,15,16,18)/b6-5+. The van der Waals surface area contributed by atoms with Crippen molar-refractivity contribution in [1.82, 2.24) is 10.6 Å². The first-order valence-corrected chi connectivity index (χ1v) is 6.25. The van der Waals surface area contributed by atoms with Crippen molar-refractivity contribution in [1.29, 1.82) is 0 Å². The van der Waals surface area contributed by atoms with Crippen molar-refractivity contribution in [2.24, 2.45) is 0 Å². The highest BCUT2D eigenvalue weighted by Gasteiger charge is 1.95. The second-order valence-corrected chi connectivity index (χ2v) is 4.06. The van der Waals surface area contributed by atoms with Crippen LogP contribution in [0.15, 0.2) is 30.5 Å². The molecule has 0 heterocycles. The van der Waals surface area contributed by atoms with Crippen LogP contribution in [-0.4, -0.2) is 37.5 Å². The summed E-state index contributed by atoms with van der Waals surface area (Å²) in [7, 11) is 0. The summed E-state index contributed by atoms with van der Waals surface area (Å²) in [4.78, 5) is 11.3. The van der Waals surface area contributed by atoms with E-state index >= 15 is 0 Å². The molecule has 3 N–H and O–H groups in total. The Morgan fingerprint density at radius 2 is 2.05 bits per heavy atom. The third-order valence-electron chi connectivity index (χ3n) is 2.13. The van der Waals surface area contributed by atoms with Gasteiger partial charge in [-0.25, -0.2) is 4.79 Å². The maximum absolute atomic E-state index is 11.3. The zero-order valence-electron chi connectivity index (χ0n) is 10.4. The van der Waals surface area contributed by atoms with E-state index in [-0.39, 0.29) is 19.2 Å². The van der Waals surface area contributed by atoms with Gasteiger partial charge in [-0.2, -0.15) is 0 Å². The van der Waals surface area contributed by atoms with E-state index in [1.807, 2.05) is 12.1 Å². The fourth-order valence-corrected chi connectivity index (χ4v) is 1.37. The van der Waals surface area contributed by atoms with E-state index < -0.39 is 0 Å². The molecule has 5 nitrogen and oxygen atoms in total. The van der Waals surface area contributed by atoms with Crippen molar-refractivity contribution in [2.45, 2.75) is 0 Å². The van der Waals surface area contributed by atoms with Crippen molar-refractivity contribution >= 4 is 23.7 Å². The predicted molar refractivity (Wildman–Crippen MR) is 74.9 cm³/mol. The minimum absolute atomic E-state index is 0.0178. The number of nitrogens with one attached hydrogen (secondary N) is 2. The summed E-state index contributed by atoms with van der Waals surface area (Å²) < 4.78 is 5.00. The second-order valence-electron chi connectivity index (χ2n) is 3.62. The fourth-order valence-electron chi connectivity index (χ4n) is 1.24. The lowest BCUT2D eigenvalue weighted by molar-refractivity contribution is 0.0948. The van der Waals surface area contributed by atoms with E-state index in [0.717, 1.165) is 5.56 Å². The molecule has 0 fully saturated rings. The second kappa shape index (κ2) is 9.38. The van der Waals surface area contributed by atoms with Crippen molar-refractivity contribution in [3.8, 4) is 0 Å². The molecule has 2 amide bonds. The predicted octanol–water partition coefficient (Wildman–Crippen LogP) is 1.62. The molecule has 19 heavy (non-hydrogen) atoms. The number of hydrogen-bond acceptors (Lipinski definition) is 3. The van der Waals surface area contributed by atoms with Gasteiger partial charge >= 0.3 is 6.03 Å². The Balaban J connectivity index is 2.17. The number of amides is 2. The topological polar surface area (TPSA) is 70.6 Å². The van der Waals surface area contributed by atoms with Crippen LogP contribution in [0, 0.1) is 0 Å². The average molecular weight is 285 g/mol. The van der Waals surface area contributed by atoms with Crippen molar-refractivity contribution in [3.63, 3.8) is 0 Å². The van der Waals surface area contributed by atoms with Gasteiger partial charge in [-0.3, -0.25) is 0 Å². The van der Waals surface area contributed by atoms with Gasteiger partial charge in [-0.15, -0.1) is 0 Å². The van der Waals surface area contributed by atoms with E-state index in [1.54, 1.807) is 24.4 Å². The van der Waals surface area contributed by atoms with Gasteiger partial charge in [0.25, 0.3) is 0 Å². The number of urea groups is 1. The van der Waals surface area contributed by atoms with Crippen LogP contribution in [-0.2, 0) is 4.74 Å². The quantitative estimate of drug-likeness (QED) is 0.666. The van der Waals surface area contributed by atoms with Crippen molar-refractivity contribution in [2.75, 3.05) is 26.4 Å². The molecular weight excluding hydrogens is 268 g/mol. The molecule has 0 spiro atoms. The van der Waals surface area contributed by atoms with Crippen molar-refractivity contribution in [3.05, 3.63) is 41.1 Å². The number of ether oxygens (including phenoxy) is 1. The molecule has 104 valence electrons. The Morgan fingerprint density at radius 3 is 2.74 bits per heavy atom. The van der Waals surface area contributed by atoms with Gasteiger partial charge in [0.05, 0.1) is 19.8 Å². The van der Waals surface area contributed by atoms with Crippen LogP contribution < -0.4 is 10.6 Å². The zero-order valence-corrected chi connectivity index (χ0v) is 11.2. The van der Waals surface area contributed by atoms with Gasteiger partial charge < -0.3 is 20.5 Å². The number of hydrogen-bond donors (Lipinski definition) is 3. The fraction of sp³-hybridized carbons (Fsp3) is 0.308. The van der Waals surface area contributed by atoms with E-state index in [1.165, 1.54) is 0 Å². The first-order chi connectivity index (χ1) is 9.22. The van der Waals surface area contributed by atoms with Gasteiger partial charge in [-0.1, -0.05) is 23.7 Å². The minimum atomic E-state index is -0.308. The van der Waals surface area contributed by atoms with Gasteiger partial charge in [0.1, 0.15) is 0 Å². The molecule has 0 aliphatic carbocycles. The lowest BCUT2D eigenvalue weighted by atomic mass is 10.2. The zero-order chi connectivity index (χ0) is 13.9. The Morgan fingerprint density at radius 1 is 1.32 bits per heavy atom. The monoisotopic (exact) mass is 284 g/mol. The molecular formula is C13H17ClN2O3. The summed E-state index contributed by atoms with van der Waals surface area (Å²) >= 11 is 5.76. The molecule has 0 aliphatic heterocycles. The molecule has 0 aromatic heterocycles. The largest absolute Gasteiger partial charge is 0.394 e. The Labute approximate surface area is 117 Å². The van der Waals surface area contributed by atoms with Gasteiger partial charge in [0.2, 0.25) is 0 Å². The minimum Gasteiger partial charge on any atom is -0.394 e. The molecule has 0 aliphatic rings. The Hall–Kier alpha value is -1.56. The first kappa shape index (κ1) is 15.5. The molecule has 0 radical (unpaired) electrons. The highest BCUT2D eigenvalue weighted by atomic mass is 35.5. The molecule has 0 atom stereocenters. The van der Waals surface area contributed by atoms with Crippen LogP contribution in [0.3, 0.4) is 0 Å². The van der Waals surface area contributed by atoms with Crippen LogP contribution in [0.5, 0.6) is 0 Å². The van der Waals surface area contributed by atoms with E-state index in [0.29, 0.717) is 18.2 Å². The van der Waals surface area contributed by atoms with E-state index in [9.17, 15) is 4.79 Å². The third kappa shape index (κ3) is 7.46. The van der Waals surface area contributed by atoms with E-state index in [4.69, 9.17) is 21.4 Å². The Kier molecular flexibility index (Phi) is 7.65. The first-order valence-electron chi connectivity index (χ1n) is 5.87. The Bertz CT molecular complexity index is 407. The highest BCUT2D eigenvalue weighted by Crippen LogP contribution is 2.10. The molecule has 1 aromatic carbocycles. The molecule has 6 heteroatoms. The lowest BCUT2D eigenvalue weighted by Crippen LogP contribution is -2.34. The molecule has 0 bridgehead atoms. The van der Waals surface area contributed by atoms with Crippen LogP contribution in [0.2, 0.25) is 5.02 Å². The molecule has 0 saturated heterocycles. The van der Waals surface area contributed by atoms with Crippen LogP contribution >= 0.6 is 11.6 Å². The number of carbonyl (C=O) groups is 1. The van der Waals surface area contributed by atoms with Gasteiger partial charge in [-0.05, 0) is 23.8 Å². The SMILES string of the molecule is O=C(N/C=C/c1ccc(Cl)cc1)NCCOCCO. The summed E-state index contributed by atoms with van der Waals surface area (Å²) in [5, 5.41) is 14.3. The summed E-state index contributed by atoms with van der Waals surface area (Å²) in [6.07, 6.45) is 3.31. The average Bonchev–Trinajstić information content (AvgIpc) is 2.41. The smallest absolute Gasteiger partial charge is 0.318 e. The molecule has 0 saturated carbocycles. The number of benzene rings is 1. The van der Waals surface area contributed by atoms with Crippen molar-refractivity contribution < 1.29 is 14.6 Å². The van der Waals surface area contributed by atoms with Gasteiger partial charge in [0, 0.05) is 17.8 Å². The van der Waals surface area contributed by atoms with Gasteiger partial charge in [0.15, 0.2) is 0 Å². The maximum Gasteiger partial charge on any atom is 0.318 e. The third-order valence-corrected chi connectivity index (χ3v) is 2.38. The van der Waals surface area contributed by atoms with E-state index in [2.05, 4.69) is 10.6 Å². The number of halogens is 1. The lowest BCUT2D eigenvalue weighted by Gasteiger charge is -2.04. The summed E-state index contributed by atoms with van der Waals surface area (Å²) in [6.45, 7) is 1.02. The number of carbonyl (C=O) groups excluding carboxylic acids is 1. The molecule has 1 rings (SSSR count). The maximum atomic E-state index is 11.3. The summed E-state index contributed by atoms with van der Waals surface area (Å²) in [5.41, 5.74) is 0.941. The van der Waals surface area contributed by atoms with Crippen LogP contribution in [0.1, 0.15) is 5.56 Å². The summed E-state index contributed by atoms with van der Waals surface area (Å²) in [5.74, 6) is 0. The van der Waals surface area contributed by atoms with Crippen LogP contribution in [0.25, 0.3) is 6.08 Å². The number of rotatable bonds is 7. The molecule has 1 aromatic rings. The normalized spacial score (nSPS) is 10.6. The number of aliphatic hydroxyl groups excluding tert-OH is 1. The van der Waals surface area contributed by atoms with Crippen LogP contribution in [0.4, 0.5) is 4.79 Å². The molecule has 0 unspecified atom stereocenters. The summed E-state index contributed by atoms with van der Waals surface area (Å²) in [6, 6.07) is 6.94.